The van der Waals surface area contributed by atoms with Crippen molar-refractivity contribution in [1.29, 1.82) is 5.26 Å². The minimum atomic E-state index is -5.12. The Kier molecular flexibility index (Phi) is 8.25. The molecule has 4 aliphatic rings. The van der Waals surface area contributed by atoms with Crippen LogP contribution in [0.2, 0.25) is 0 Å². The van der Waals surface area contributed by atoms with Gasteiger partial charge in [0.05, 0.1) is 27.4 Å². The number of fused-ring (bicyclic) bond motifs is 3. The average molecular weight is 744 g/mol. The van der Waals surface area contributed by atoms with Gasteiger partial charge in [0, 0.05) is 54.9 Å². The van der Waals surface area contributed by atoms with E-state index in [0.717, 1.165) is 37.5 Å². The Hall–Kier alpha value is -4.36. The van der Waals surface area contributed by atoms with E-state index in [2.05, 4.69) is 9.97 Å². The number of amides is 1. The number of nitrogens with zero attached hydrogens (tertiary/aromatic N) is 6. The summed E-state index contributed by atoms with van der Waals surface area (Å²) in [5, 5.41) is 9.25. The van der Waals surface area contributed by atoms with Gasteiger partial charge < -0.3 is 20.3 Å². The fraction of sp³-hybridized carbons (Fsp3) is 0.500. The van der Waals surface area contributed by atoms with Crippen molar-refractivity contribution in [2.45, 2.75) is 75.4 Å². The first-order valence-electron chi connectivity index (χ1n) is 17.3. The first kappa shape index (κ1) is 34.7. The number of halogens is 6. The molecule has 1 amide bonds. The van der Waals surface area contributed by atoms with Crippen LogP contribution in [0.3, 0.4) is 0 Å². The van der Waals surface area contributed by atoms with Crippen LogP contribution in [0.25, 0.3) is 32.1 Å². The Morgan fingerprint density at radius 2 is 1.98 bits per heavy atom. The SMILES string of the molecule is C[C@@H]1[C@H](N(C)c2nc(OC[C@@]34CCCN3C[C@H](F)C4)nc3c(F)c(-c4ccc(F)c5sc(N)c(C#N)c45)c(C(F)(F)F)cc23)CCN1C(=O)C1CC1. The van der Waals surface area contributed by atoms with E-state index in [1.165, 1.54) is 0 Å². The maximum Gasteiger partial charge on any atom is 0.417 e. The second-order valence-corrected chi connectivity index (χ2v) is 15.5. The molecule has 0 unspecified atom stereocenters. The van der Waals surface area contributed by atoms with Crippen molar-refractivity contribution >= 4 is 49.1 Å². The normalized spacial score (nSPS) is 24.9. The lowest BCUT2D eigenvalue weighted by molar-refractivity contribution is -0.137. The number of anilines is 2. The zero-order chi connectivity index (χ0) is 36.9. The molecule has 0 bridgehead atoms. The molecular weight excluding hydrogens is 708 g/mol. The highest BCUT2D eigenvalue weighted by atomic mass is 32.1. The number of alkyl halides is 4. The topological polar surface area (TPSA) is 112 Å². The van der Waals surface area contributed by atoms with Crippen LogP contribution in [0, 0.1) is 28.9 Å². The number of nitrogen functional groups attached to an aromatic ring is 1. The summed E-state index contributed by atoms with van der Waals surface area (Å²) < 4.78 is 97.9. The van der Waals surface area contributed by atoms with Gasteiger partial charge in [-0.1, -0.05) is 6.07 Å². The lowest BCUT2D eigenvalue weighted by atomic mass is 9.92. The molecule has 0 radical (unpaired) electrons. The number of hydrogen-bond acceptors (Lipinski definition) is 9. The molecule has 3 saturated heterocycles. The van der Waals surface area contributed by atoms with E-state index >= 15 is 17.6 Å². The van der Waals surface area contributed by atoms with E-state index in [9.17, 15) is 18.8 Å². The van der Waals surface area contributed by atoms with Crippen LogP contribution < -0.4 is 15.4 Å². The van der Waals surface area contributed by atoms with Crippen molar-refractivity contribution in [3.05, 3.63) is 41.0 Å². The number of hydrogen-bond donors (Lipinski definition) is 1. The number of carbonyl (C=O) groups excluding carboxylic acids is 1. The van der Waals surface area contributed by atoms with Gasteiger partial charge in [-0.15, -0.1) is 11.3 Å². The van der Waals surface area contributed by atoms with Gasteiger partial charge in [0.2, 0.25) is 5.91 Å². The molecule has 9 nitrogen and oxygen atoms in total. The van der Waals surface area contributed by atoms with E-state index in [1.54, 1.807) is 16.8 Å². The van der Waals surface area contributed by atoms with Crippen LogP contribution >= 0.6 is 11.3 Å². The summed E-state index contributed by atoms with van der Waals surface area (Å²) in [6, 6.07) is 3.50. The van der Waals surface area contributed by atoms with Crippen molar-refractivity contribution in [2.24, 2.45) is 5.92 Å². The average Bonchev–Trinajstić information content (AvgIpc) is 3.49. The predicted octanol–water partition coefficient (Wildman–Crippen LogP) is 7.05. The highest BCUT2D eigenvalue weighted by molar-refractivity contribution is 7.23. The number of ether oxygens (including phenoxy) is 1. The number of nitrogens with two attached hydrogens (primary N) is 1. The molecule has 3 aliphatic heterocycles. The summed E-state index contributed by atoms with van der Waals surface area (Å²) in [6.45, 7) is 3.24. The molecule has 0 spiro atoms. The third-order valence-electron chi connectivity index (χ3n) is 11.4. The van der Waals surface area contributed by atoms with Gasteiger partial charge in [-0.05, 0) is 63.3 Å². The fourth-order valence-electron chi connectivity index (χ4n) is 8.64. The lowest BCUT2D eigenvalue weighted by Crippen LogP contribution is -2.45. The molecule has 4 fully saturated rings. The zero-order valence-corrected chi connectivity index (χ0v) is 29.2. The molecule has 5 heterocycles. The number of benzene rings is 2. The number of carbonyl (C=O) groups is 1. The largest absolute Gasteiger partial charge is 0.461 e. The third-order valence-corrected chi connectivity index (χ3v) is 12.4. The Bertz CT molecular complexity index is 2170. The zero-order valence-electron chi connectivity index (χ0n) is 28.4. The molecule has 52 heavy (non-hydrogen) atoms. The van der Waals surface area contributed by atoms with Crippen LogP contribution in [0.5, 0.6) is 6.01 Å². The minimum Gasteiger partial charge on any atom is -0.461 e. The Labute approximate surface area is 298 Å². The van der Waals surface area contributed by atoms with Gasteiger partial charge in [0.15, 0.2) is 5.82 Å². The van der Waals surface area contributed by atoms with E-state index < -0.39 is 46.2 Å². The number of aromatic nitrogens is 2. The number of rotatable bonds is 7. The second-order valence-electron chi connectivity index (χ2n) is 14.5. The quantitative estimate of drug-likeness (QED) is 0.201. The van der Waals surface area contributed by atoms with E-state index in [0.29, 0.717) is 37.3 Å². The summed E-state index contributed by atoms with van der Waals surface area (Å²) in [6.07, 6.45) is -2.31. The monoisotopic (exact) mass is 743 g/mol. The van der Waals surface area contributed by atoms with Crippen molar-refractivity contribution in [1.82, 2.24) is 19.8 Å². The maximum atomic E-state index is 17.2. The van der Waals surface area contributed by atoms with Crippen molar-refractivity contribution < 1.29 is 35.9 Å². The summed E-state index contributed by atoms with van der Waals surface area (Å²) in [7, 11) is 1.63. The molecule has 2 N–H and O–H groups in total. The number of nitriles is 1. The van der Waals surface area contributed by atoms with E-state index in [4.69, 9.17) is 10.5 Å². The first-order valence-corrected chi connectivity index (χ1v) is 18.1. The molecular formula is C36H35F6N7O2S. The molecule has 16 heteroatoms. The van der Waals surface area contributed by atoms with Crippen molar-refractivity contribution in [3.63, 3.8) is 0 Å². The van der Waals surface area contributed by atoms with Crippen LogP contribution in [0.4, 0.5) is 37.2 Å². The smallest absolute Gasteiger partial charge is 0.417 e. The molecule has 2 aromatic heterocycles. The Balaban J connectivity index is 1.31. The summed E-state index contributed by atoms with van der Waals surface area (Å²) >= 11 is 0.684. The van der Waals surface area contributed by atoms with E-state index in [1.807, 2.05) is 17.9 Å². The van der Waals surface area contributed by atoms with Crippen LogP contribution in [0.15, 0.2) is 18.2 Å². The second kappa shape index (κ2) is 12.4. The first-order chi connectivity index (χ1) is 24.7. The maximum absolute atomic E-state index is 17.2. The molecule has 8 rings (SSSR count). The highest BCUT2D eigenvalue weighted by Crippen LogP contribution is 2.49. The Morgan fingerprint density at radius 3 is 2.69 bits per heavy atom. The van der Waals surface area contributed by atoms with Gasteiger partial charge in [0.1, 0.15) is 41.0 Å². The molecule has 1 saturated carbocycles. The number of likely N-dealkylation sites (N-methyl/N-ethyl adjacent to an activating group) is 1. The van der Waals surface area contributed by atoms with Gasteiger partial charge in [-0.2, -0.15) is 28.4 Å². The minimum absolute atomic E-state index is 0.0149. The van der Waals surface area contributed by atoms with Gasteiger partial charge >= 0.3 is 12.2 Å². The standard InChI is InChI=1S/C36H35F6N7O2S/c1-17-25(8-11-49(17)33(50)18-4-5-18)47(2)32-21-12-23(36(40,41)42)27(20-6-7-24(38)30-26(20)22(14-43)31(44)52-30)28(39)29(21)45-34(46-32)51-16-35-9-3-10-48(35)15-19(37)13-35/h6-7,12,17-19,25H,3-5,8-11,13,15-16,44H2,1-2H3/t17-,19-,25-,35+/m1/s1. The van der Waals surface area contributed by atoms with Crippen molar-refractivity contribution in [3.8, 4) is 23.2 Å². The predicted molar refractivity (Wildman–Crippen MR) is 184 cm³/mol. The Morgan fingerprint density at radius 1 is 1.21 bits per heavy atom. The molecule has 4 aromatic rings. The fourth-order valence-corrected chi connectivity index (χ4v) is 9.59. The van der Waals surface area contributed by atoms with Crippen LogP contribution in [-0.2, 0) is 11.0 Å². The summed E-state index contributed by atoms with van der Waals surface area (Å²) in [4.78, 5) is 27.4. The van der Waals surface area contributed by atoms with E-state index in [-0.39, 0.29) is 86.9 Å². The van der Waals surface area contributed by atoms with Gasteiger partial charge in [-0.3, -0.25) is 9.69 Å². The summed E-state index contributed by atoms with van der Waals surface area (Å²) in [5.41, 5.74) is 1.92. The third kappa shape index (κ3) is 5.50. The van der Waals surface area contributed by atoms with Gasteiger partial charge in [-0.25, -0.2) is 13.2 Å². The molecule has 274 valence electrons. The molecule has 4 atom stereocenters. The lowest BCUT2D eigenvalue weighted by Gasteiger charge is -2.33. The van der Waals surface area contributed by atoms with Crippen LogP contribution in [0.1, 0.15) is 56.6 Å². The molecule has 1 aliphatic carbocycles. The van der Waals surface area contributed by atoms with Crippen LogP contribution in [-0.4, -0.2) is 82.8 Å². The number of likely N-dealkylation sites (tertiary alicyclic amines) is 1. The highest BCUT2D eigenvalue weighted by Gasteiger charge is 2.50. The summed E-state index contributed by atoms with van der Waals surface area (Å²) in [5.74, 6) is -2.22. The molecule has 2 aromatic carbocycles. The van der Waals surface area contributed by atoms with Gasteiger partial charge in [0.25, 0.3) is 0 Å². The van der Waals surface area contributed by atoms with Crippen molar-refractivity contribution in [2.75, 3.05) is 43.9 Å². The number of thiophene rings is 1.